The number of amides is 4. The summed E-state index contributed by atoms with van der Waals surface area (Å²) < 4.78 is 13.6. The molecule has 3 N–H and O–H groups in total. The number of fused-ring (bicyclic) bond motifs is 4. The van der Waals surface area contributed by atoms with Crippen LogP contribution in [0.25, 0.3) is 12.2 Å². The van der Waals surface area contributed by atoms with Gasteiger partial charge in [0.15, 0.2) is 0 Å². The number of ether oxygens (including phenoxy) is 3. The van der Waals surface area contributed by atoms with Crippen molar-refractivity contribution in [1.29, 1.82) is 0 Å². The summed E-state index contributed by atoms with van der Waals surface area (Å²) in [6, 6.07) is 84.5. The van der Waals surface area contributed by atoms with E-state index in [1.54, 1.807) is 48.6 Å². The van der Waals surface area contributed by atoms with Crippen molar-refractivity contribution >= 4 is 106 Å². The lowest BCUT2D eigenvalue weighted by atomic mass is 10.0. The Labute approximate surface area is 764 Å². The zero-order valence-electron chi connectivity index (χ0n) is 74.1. The Morgan fingerprint density at radius 3 is 0.847 bits per heavy atom. The molecule has 0 saturated heterocycles. The summed E-state index contributed by atoms with van der Waals surface area (Å²) in [5.41, 5.74) is 18.4. The molecular formula is C109H110N4O18. The number of methoxy groups -OCH3 is 3. The summed E-state index contributed by atoms with van der Waals surface area (Å²) >= 11 is 0. The van der Waals surface area contributed by atoms with Crippen LogP contribution in [0.2, 0.25) is 0 Å². The van der Waals surface area contributed by atoms with Gasteiger partial charge in [-0.3, -0.25) is 38.4 Å². The van der Waals surface area contributed by atoms with Crippen molar-refractivity contribution in [2.75, 3.05) is 67.1 Å². The average Bonchev–Trinajstić information content (AvgIpc) is 1.74. The number of ketones is 1. The Kier molecular flexibility index (Phi) is 38.7. The third kappa shape index (κ3) is 30.6. The Bertz CT molecular complexity index is 5750. The maximum Gasteiger partial charge on any atom is 0.335 e. The fourth-order valence-electron chi connectivity index (χ4n) is 15.3. The number of anilines is 4. The van der Waals surface area contributed by atoms with Gasteiger partial charge in [-0.1, -0.05) is 176 Å². The van der Waals surface area contributed by atoms with Crippen LogP contribution in [0.3, 0.4) is 0 Å². The zero-order valence-corrected chi connectivity index (χ0v) is 74.1. The van der Waals surface area contributed by atoms with Crippen molar-refractivity contribution in [2.45, 2.75) is 128 Å². The van der Waals surface area contributed by atoms with Gasteiger partial charge in [-0.25, -0.2) is 19.2 Å². The van der Waals surface area contributed by atoms with Gasteiger partial charge in [0, 0.05) is 115 Å². The molecule has 674 valence electrons. The fourth-order valence-corrected chi connectivity index (χ4v) is 15.3. The molecule has 4 heterocycles. The highest BCUT2D eigenvalue weighted by Crippen LogP contribution is 2.33. The van der Waals surface area contributed by atoms with Gasteiger partial charge in [0.05, 0.1) is 32.5 Å². The van der Waals surface area contributed by atoms with Crippen molar-refractivity contribution in [1.82, 2.24) is 0 Å². The summed E-state index contributed by atoms with van der Waals surface area (Å²) in [7, 11) is 4.02. The van der Waals surface area contributed by atoms with Crippen LogP contribution >= 0.6 is 0 Å². The number of aldehydes is 1. The molecule has 0 spiro atoms. The number of nitrogens with zero attached hydrogens (tertiary/aromatic N) is 4. The van der Waals surface area contributed by atoms with E-state index in [1.807, 2.05) is 183 Å². The standard InChI is InChI=1S/C28H29NO2.C21H23NO3.C21H21NO3.C20H21NO3.C11H10O4.C8H6O3/c30-26(19-15-22-8-2-1-3-9-22)20-16-23-13-17-25(18-14-23)28(31)29-21-7-6-11-24-10-4-5-12-27(24)29;2*1-25-20(23)14-11-16-9-12-18(13-10-16)21(24)22-15-5-4-7-17-6-2-3-8-19(17)22;22-19(23)13-10-15-8-11-17(12-9-15)20(24)21-14-4-3-6-16-5-1-2-7-18(16)21;1-15-10(12)7-4-8-2-5-9(6-3-8)11(13)14;9-5-6-1-3-7(4-2-6)8(10)11/h1-5,8-10,12-14,17-18H,6-7,11,15-16,19-21H2;2-3,6,8-10,12-13H,4-5,7,11,14-15H2,1H3;2-3,6,8-14H,4-5,7,15H2,1H3;1-2,5,7-9,11-12H,3-4,6,10,13-14H2,(H,22,23);2-7H,1H3,(H,13,14);1-5H,(H,10,11)/b;;14-11+;;7-4+;. The molecule has 0 fully saturated rings. The number of aliphatic carboxylic acids is 1. The number of hydrogen-bond donors (Lipinski definition) is 3. The minimum atomic E-state index is -0.984. The summed E-state index contributed by atoms with van der Waals surface area (Å²) in [5.74, 6) is -3.44. The second kappa shape index (κ2) is 51.7. The van der Waals surface area contributed by atoms with Crippen LogP contribution in [-0.4, -0.2) is 134 Å². The fraction of sp³-hybridized carbons (Fsp3) is 0.248. The molecule has 0 bridgehead atoms. The molecule has 0 atom stereocenters. The first-order valence-electron chi connectivity index (χ1n) is 44.0. The molecule has 0 radical (unpaired) electrons. The highest BCUT2D eigenvalue weighted by Gasteiger charge is 2.27. The lowest BCUT2D eigenvalue weighted by Gasteiger charge is -2.23. The number of para-hydroxylation sites is 4. The monoisotopic (exact) mass is 1760 g/mol. The quantitative estimate of drug-likeness (QED) is 0.0232. The lowest BCUT2D eigenvalue weighted by molar-refractivity contribution is -0.140. The van der Waals surface area contributed by atoms with Crippen molar-refractivity contribution in [3.8, 4) is 0 Å². The van der Waals surface area contributed by atoms with E-state index in [-0.39, 0.29) is 52.9 Å². The molecule has 0 unspecified atom stereocenters. The molecule has 4 amide bonds. The highest BCUT2D eigenvalue weighted by molar-refractivity contribution is 6.09. The van der Waals surface area contributed by atoms with Crippen molar-refractivity contribution < 1.29 is 87.1 Å². The number of carboxylic acid groups (broad SMARTS) is 3. The van der Waals surface area contributed by atoms with E-state index in [0.29, 0.717) is 72.6 Å². The van der Waals surface area contributed by atoms with Crippen LogP contribution in [0.5, 0.6) is 0 Å². The third-order valence-electron chi connectivity index (χ3n) is 22.6. The highest BCUT2D eigenvalue weighted by atomic mass is 16.5. The molecule has 0 aromatic heterocycles. The van der Waals surface area contributed by atoms with Crippen LogP contribution in [-0.2, 0) is 89.5 Å². The molecule has 4 aliphatic rings. The summed E-state index contributed by atoms with van der Waals surface area (Å²) in [6.45, 7) is 2.98. The minimum absolute atomic E-state index is 0.00846. The predicted molar refractivity (Wildman–Crippen MR) is 509 cm³/mol. The van der Waals surface area contributed by atoms with Crippen molar-refractivity contribution in [3.05, 3.63) is 380 Å². The average molecular weight is 1760 g/mol. The van der Waals surface area contributed by atoms with Gasteiger partial charge in [0.25, 0.3) is 23.6 Å². The van der Waals surface area contributed by atoms with Gasteiger partial charge < -0.3 is 49.1 Å². The summed E-state index contributed by atoms with van der Waals surface area (Å²) in [5, 5.41) is 25.8. The Balaban J connectivity index is 0.000000167. The Morgan fingerprint density at radius 2 is 0.557 bits per heavy atom. The Hall–Kier alpha value is -15.1. The van der Waals surface area contributed by atoms with Crippen LogP contribution in [0.1, 0.15) is 205 Å². The number of carboxylic acids is 3. The number of rotatable bonds is 23. The first-order chi connectivity index (χ1) is 63.6. The van der Waals surface area contributed by atoms with Gasteiger partial charge in [-0.05, 0) is 268 Å². The van der Waals surface area contributed by atoms with Crippen LogP contribution in [0, 0.1) is 0 Å². The van der Waals surface area contributed by atoms with Crippen molar-refractivity contribution in [2.24, 2.45) is 0 Å². The zero-order chi connectivity index (χ0) is 93.2. The van der Waals surface area contributed by atoms with E-state index in [4.69, 9.17) is 15.3 Å². The number of carbonyl (C=O) groups excluding carboxylic acids is 9. The number of carbonyl (C=O) groups is 12. The second-order valence-corrected chi connectivity index (χ2v) is 31.6. The van der Waals surface area contributed by atoms with E-state index in [2.05, 4.69) is 50.6 Å². The van der Waals surface area contributed by atoms with Gasteiger partial charge in [-0.2, -0.15) is 0 Å². The van der Waals surface area contributed by atoms with Crippen LogP contribution < -0.4 is 19.6 Å². The molecule has 15 rings (SSSR count). The maximum absolute atomic E-state index is 13.2. The first-order valence-corrected chi connectivity index (χ1v) is 44.0. The number of aryl methyl sites for hydroxylation is 8. The van der Waals surface area contributed by atoms with E-state index in [0.717, 1.165) is 160 Å². The molecule has 0 saturated carbocycles. The van der Waals surface area contributed by atoms with Gasteiger partial charge >= 0.3 is 35.8 Å². The summed E-state index contributed by atoms with van der Waals surface area (Å²) in [4.78, 5) is 147. The SMILES string of the molecule is COC(=O)/C=C/c1ccc(C(=O)N2CCCCc3ccccc32)cc1.COC(=O)/C=C/c1ccc(C(=O)O)cc1.COC(=O)CCc1ccc(C(=O)N2CCCCc3ccccc32)cc1.O=C(CCc1ccccc1)CCc1ccc(C(=O)N2CCCCc3ccccc32)cc1.O=C(O)CCc1ccc(C(=O)N2CCCCc3ccccc32)cc1.O=Cc1ccc(C(=O)O)cc1. The van der Waals surface area contributed by atoms with E-state index >= 15 is 0 Å². The smallest absolute Gasteiger partial charge is 0.335 e. The number of Topliss-reactive ketones (excluding diaryl/α,β-unsaturated/α-hetero) is 1. The molecule has 131 heavy (non-hydrogen) atoms. The van der Waals surface area contributed by atoms with Crippen LogP contribution in [0.15, 0.2) is 285 Å². The molecule has 4 aliphatic heterocycles. The second-order valence-electron chi connectivity index (χ2n) is 31.6. The largest absolute Gasteiger partial charge is 0.481 e. The number of benzene rings is 11. The van der Waals surface area contributed by atoms with E-state index in [9.17, 15) is 57.5 Å². The van der Waals surface area contributed by atoms with Crippen molar-refractivity contribution in [3.63, 3.8) is 0 Å². The molecule has 11 aromatic carbocycles. The maximum atomic E-state index is 13.2. The van der Waals surface area contributed by atoms with Gasteiger partial charge in [-0.15, -0.1) is 0 Å². The topological polar surface area (TPSA) is 306 Å². The molecule has 22 heteroatoms. The lowest BCUT2D eigenvalue weighted by Crippen LogP contribution is -2.31. The molecule has 11 aromatic rings. The minimum Gasteiger partial charge on any atom is -0.481 e. The number of aromatic carboxylic acids is 2. The van der Waals surface area contributed by atoms with Gasteiger partial charge in [0.1, 0.15) is 12.1 Å². The Morgan fingerprint density at radius 1 is 0.290 bits per heavy atom. The molecule has 22 nitrogen and oxygen atoms in total. The van der Waals surface area contributed by atoms with Gasteiger partial charge in [0.2, 0.25) is 0 Å². The van der Waals surface area contributed by atoms with E-state index < -0.39 is 29.8 Å². The summed E-state index contributed by atoms with van der Waals surface area (Å²) in [6.07, 6.45) is 23.2. The first kappa shape index (κ1) is 98.1. The van der Waals surface area contributed by atoms with E-state index in [1.165, 1.54) is 97.7 Å². The molecule has 0 aliphatic carbocycles. The normalized spacial score (nSPS) is 12.9. The third-order valence-corrected chi connectivity index (χ3v) is 22.6. The van der Waals surface area contributed by atoms with Crippen LogP contribution in [0.4, 0.5) is 22.7 Å². The number of esters is 3. The predicted octanol–water partition coefficient (Wildman–Crippen LogP) is 19.9. The number of hydrogen-bond acceptors (Lipinski definition) is 15. The molecular weight excluding hydrogens is 1650 g/mol.